The maximum absolute atomic E-state index is 13.8. The number of hydrogen-bond donors (Lipinski definition) is 2. The molecule has 0 aliphatic rings. The lowest BCUT2D eigenvalue weighted by Crippen LogP contribution is -2.10. The molecule has 3 rings (SSSR count). The number of nitrogens with one attached hydrogen (secondary N) is 1. The highest BCUT2D eigenvalue weighted by Gasteiger charge is 2.14. The molecule has 2 aromatic heterocycles. The van der Waals surface area contributed by atoms with Crippen molar-refractivity contribution < 1.29 is 9.13 Å². The van der Waals surface area contributed by atoms with E-state index >= 15 is 0 Å². The van der Waals surface area contributed by atoms with Gasteiger partial charge in [-0.15, -0.1) is 11.3 Å². The number of hydrogen-bond acceptors (Lipinski definition) is 6. The van der Waals surface area contributed by atoms with E-state index in [2.05, 4.69) is 31.3 Å². The van der Waals surface area contributed by atoms with E-state index in [1.54, 1.807) is 6.07 Å². The van der Waals surface area contributed by atoms with Gasteiger partial charge in [-0.2, -0.15) is 4.98 Å². The predicted octanol–water partition coefficient (Wildman–Crippen LogP) is 3.98. The Bertz CT molecular complexity index is 823. The summed E-state index contributed by atoms with van der Waals surface area (Å²) in [4.78, 5) is 10.2. The summed E-state index contributed by atoms with van der Waals surface area (Å²) in [6.07, 6.45) is 0. The Morgan fingerprint density at radius 3 is 2.90 bits per heavy atom. The van der Waals surface area contributed by atoms with Gasteiger partial charge in [-0.1, -0.05) is 15.9 Å². The molecule has 0 fully saturated rings. The quantitative estimate of drug-likeness (QED) is 0.540. The molecule has 8 heteroatoms. The molecule has 1 aromatic carbocycles. The molecule has 0 aliphatic carbocycles. The summed E-state index contributed by atoms with van der Waals surface area (Å²) >= 11 is 4.77. The molecule has 0 spiro atoms. The van der Waals surface area contributed by atoms with E-state index in [1.165, 1.54) is 23.5 Å². The van der Waals surface area contributed by atoms with Gasteiger partial charge < -0.3 is 4.74 Å². The van der Waals surface area contributed by atoms with Crippen molar-refractivity contribution in [3.05, 3.63) is 39.4 Å². The first-order chi connectivity index (χ1) is 10.1. The van der Waals surface area contributed by atoms with Gasteiger partial charge >= 0.3 is 0 Å². The fraction of sp³-hybridized carbons (Fsp3) is 0.0769. The van der Waals surface area contributed by atoms with Crippen molar-refractivity contribution in [2.24, 2.45) is 5.84 Å². The van der Waals surface area contributed by atoms with Crippen LogP contribution in [0.4, 0.5) is 10.3 Å². The number of nitrogens with two attached hydrogens (primary N) is 1. The van der Waals surface area contributed by atoms with E-state index in [9.17, 15) is 4.39 Å². The first kappa shape index (κ1) is 14.2. The standard InChI is InChI=1S/C13H10BrFN4OS/c1-6-4-8-11(17-13(19-16)18-12(8)21-6)20-10-5-7(14)2-3-9(10)15/h2-5H,16H2,1H3,(H,17,18,19). The Labute approximate surface area is 132 Å². The van der Waals surface area contributed by atoms with E-state index < -0.39 is 5.82 Å². The van der Waals surface area contributed by atoms with Crippen LogP contribution in [0, 0.1) is 12.7 Å². The Balaban J connectivity index is 2.12. The Hall–Kier alpha value is -1.77. The largest absolute Gasteiger partial charge is 0.435 e. The number of hydrazine groups is 1. The van der Waals surface area contributed by atoms with Crippen LogP contribution in [0.2, 0.25) is 0 Å². The van der Waals surface area contributed by atoms with E-state index in [4.69, 9.17) is 10.6 Å². The molecule has 0 radical (unpaired) electrons. The molecule has 3 aromatic rings. The van der Waals surface area contributed by atoms with E-state index in [1.807, 2.05) is 13.0 Å². The minimum Gasteiger partial charge on any atom is -0.435 e. The first-order valence-electron chi connectivity index (χ1n) is 5.94. The topological polar surface area (TPSA) is 73.1 Å². The zero-order chi connectivity index (χ0) is 15.0. The molecule has 0 atom stereocenters. The third-order valence-corrected chi connectivity index (χ3v) is 4.15. The minimum atomic E-state index is -0.473. The van der Waals surface area contributed by atoms with Crippen LogP contribution in [0.3, 0.4) is 0 Å². The maximum Gasteiger partial charge on any atom is 0.241 e. The van der Waals surface area contributed by atoms with Crippen LogP contribution in [-0.4, -0.2) is 9.97 Å². The molecule has 108 valence electrons. The van der Waals surface area contributed by atoms with Crippen LogP contribution in [-0.2, 0) is 0 Å². The van der Waals surface area contributed by atoms with Crippen LogP contribution < -0.4 is 16.0 Å². The number of halogens is 2. The van der Waals surface area contributed by atoms with Crippen molar-refractivity contribution in [2.45, 2.75) is 6.92 Å². The summed E-state index contributed by atoms with van der Waals surface area (Å²) in [5.41, 5.74) is 2.38. The van der Waals surface area contributed by atoms with Gasteiger partial charge in [0, 0.05) is 9.35 Å². The number of aromatic nitrogens is 2. The lowest BCUT2D eigenvalue weighted by atomic mass is 10.3. The van der Waals surface area contributed by atoms with Gasteiger partial charge in [-0.3, -0.25) is 5.43 Å². The molecule has 0 aliphatic heterocycles. The Morgan fingerprint density at radius 1 is 1.33 bits per heavy atom. The number of anilines is 1. The molecule has 0 saturated carbocycles. The second-order valence-electron chi connectivity index (χ2n) is 4.25. The van der Waals surface area contributed by atoms with Gasteiger partial charge in [0.05, 0.1) is 5.39 Å². The van der Waals surface area contributed by atoms with Gasteiger partial charge in [0.15, 0.2) is 11.6 Å². The van der Waals surface area contributed by atoms with Gasteiger partial charge in [0.2, 0.25) is 11.8 Å². The first-order valence-corrected chi connectivity index (χ1v) is 7.55. The molecular formula is C13H10BrFN4OS. The summed E-state index contributed by atoms with van der Waals surface area (Å²) in [5, 5.41) is 0.718. The van der Waals surface area contributed by atoms with Gasteiger partial charge in [-0.05, 0) is 31.2 Å². The highest BCUT2D eigenvalue weighted by Crippen LogP contribution is 2.34. The zero-order valence-corrected chi connectivity index (χ0v) is 13.3. The number of nitrogens with zero attached hydrogens (tertiary/aromatic N) is 2. The summed E-state index contributed by atoms with van der Waals surface area (Å²) in [7, 11) is 0. The second kappa shape index (κ2) is 5.55. The predicted molar refractivity (Wildman–Crippen MR) is 84.1 cm³/mol. The fourth-order valence-electron chi connectivity index (χ4n) is 1.82. The van der Waals surface area contributed by atoms with Crippen molar-refractivity contribution in [3.63, 3.8) is 0 Å². The van der Waals surface area contributed by atoms with Crippen LogP contribution in [0.25, 0.3) is 10.2 Å². The molecule has 0 amide bonds. The van der Waals surface area contributed by atoms with Crippen LogP contribution in [0.15, 0.2) is 28.7 Å². The summed E-state index contributed by atoms with van der Waals surface area (Å²) in [6, 6.07) is 6.35. The number of nitrogen functional groups attached to an aromatic ring is 1. The van der Waals surface area contributed by atoms with E-state index in [0.717, 1.165) is 15.1 Å². The maximum atomic E-state index is 13.8. The van der Waals surface area contributed by atoms with Gasteiger partial charge in [0.1, 0.15) is 4.83 Å². The molecule has 0 unspecified atom stereocenters. The smallest absolute Gasteiger partial charge is 0.241 e. The molecular weight excluding hydrogens is 359 g/mol. The SMILES string of the molecule is Cc1cc2c(Oc3cc(Br)ccc3F)nc(NN)nc2s1. The van der Waals surface area contributed by atoms with Crippen molar-refractivity contribution in [3.8, 4) is 11.6 Å². The molecule has 5 nitrogen and oxygen atoms in total. The van der Waals surface area contributed by atoms with Gasteiger partial charge in [0.25, 0.3) is 0 Å². The average Bonchev–Trinajstić information content (AvgIpc) is 2.83. The fourth-order valence-corrected chi connectivity index (χ4v) is 3.03. The highest BCUT2D eigenvalue weighted by molar-refractivity contribution is 9.10. The zero-order valence-electron chi connectivity index (χ0n) is 10.9. The Kier molecular flexibility index (Phi) is 3.75. The molecule has 2 heterocycles. The third kappa shape index (κ3) is 2.82. The lowest BCUT2D eigenvalue weighted by molar-refractivity contribution is 0.432. The van der Waals surface area contributed by atoms with Gasteiger partial charge in [-0.25, -0.2) is 15.2 Å². The summed E-state index contributed by atoms with van der Waals surface area (Å²) in [6.45, 7) is 1.95. The number of rotatable bonds is 3. The Morgan fingerprint density at radius 2 is 2.14 bits per heavy atom. The van der Waals surface area contributed by atoms with Crippen molar-refractivity contribution in [2.75, 3.05) is 5.43 Å². The molecule has 0 saturated heterocycles. The minimum absolute atomic E-state index is 0.0798. The van der Waals surface area contributed by atoms with Crippen molar-refractivity contribution >= 4 is 43.4 Å². The number of fused-ring (bicyclic) bond motifs is 1. The van der Waals surface area contributed by atoms with Crippen LogP contribution >= 0.6 is 27.3 Å². The summed E-state index contributed by atoms with van der Waals surface area (Å²) < 4.78 is 20.1. The number of benzene rings is 1. The van der Waals surface area contributed by atoms with E-state index in [-0.39, 0.29) is 17.6 Å². The lowest BCUT2D eigenvalue weighted by Gasteiger charge is -2.08. The van der Waals surface area contributed by atoms with E-state index in [0.29, 0.717) is 4.47 Å². The van der Waals surface area contributed by atoms with Crippen molar-refractivity contribution in [1.82, 2.24) is 9.97 Å². The molecule has 3 N–H and O–H groups in total. The average molecular weight is 369 g/mol. The highest BCUT2D eigenvalue weighted by atomic mass is 79.9. The summed E-state index contributed by atoms with van der Waals surface area (Å²) in [5.74, 6) is 5.44. The van der Waals surface area contributed by atoms with Crippen LogP contribution in [0.5, 0.6) is 11.6 Å². The number of ether oxygens (including phenoxy) is 1. The van der Waals surface area contributed by atoms with Crippen LogP contribution in [0.1, 0.15) is 4.88 Å². The number of aryl methyl sites for hydroxylation is 1. The third-order valence-electron chi connectivity index (χ3n) is 2.71. The second-order valence-corrected chi connectivity index (χ2v) is 6.40. The monoisotopic (exact) mass is 368 g/mol. The van der Waals surface area contributed by atoms with Crippen molar-refractivity contribution in [1.29, 1.82) is 0 Å². The molecule has 0 bridgehead atoms. The number of thiophene rings is 1. The normalized spacial score (nSPS) is 10.9. The molecule has 21 heavy (non-hydrogen) atoms.